The van der Waals surface area contributed by atoms with Gasteiger partial charge in [0.15, 0.2) is 0 Å². The van der Waals surface area contributed by atoms with Crippen LogP contribution < -0.4 is 0 Å². The zero-order valence-electron chi connectivity index (χ0n) is 9.29. The first-order valence-corrected chi connectivity index (χ1v) is 7.67. The highest BCUT2D eigenvalue weighted by atomic mass is 31.2. The predicted octanol–water partition coefficient (Wildman–Crippen LogP) is -0.00140. The van der Waals surface area contributed by atoms with E-state index in [0.717, 1.165) is 0 Å². The number of ether oxygens (including phenoxy) is 1. The largest absolute Gasteiger partial charge is 0.469 e. The monoisotopic (exact) mass is 294 g/mol. The van der Waals surface area contributed by atoms with Crippen molar-refractivity contribution in [3.05, 3.63) is 0 Å². The van der Waals surface area contributed by atoms with Gasteiger partial charge < -0.3 is 24.3 Å². The first kappa shape index (κ1) is 17.2. The Morgan fingerprint density at radius 3 is 2.00 bits per heavy atom. The third kappa shape index (κ3) is 9.84. The van der Waals surface area contributed by atoms with Crippen molar-refractivity contribution in [2.24, 2.45) is 0 Å². The van der Waals surface area contributed by atoms with Crippen LogP contribution in [0, 0.1) is 0 Å². The van der Waals surface area contributed by atoms with Crippen LogP contribution in [-0.2, 0) is 22.9 Å². The van der Waals surface area contributed by atoms with Gasteiger partial charge >= 0.3 is 15.6 Å². The lowest BCUT2D eigenvalue weighted by Gasteiger charge is -2.23. The van der Waals surface area contributed by atoms with E-state index in [1.165, 1.54) is 6.92 Å². The quantitative estimate of drug-likeness (QED) is 0.455. The SMILES string of the molecule is CCOC(COP(=O)(O)O)C(C)OP(=O)(O)O. The Labute approximate surface area is 98.2 Å². The Kier molecular flexibility index (Phi) is 7.01. The molecule has 0 aliphatic heterocycles. The first-order valence-electron chi connectivity index (χ1n) is 4.61. The summed E-state index contributed by atoms with van der Waals surface area (Å²) in [6, 6.07) is 0. The van der Waals surface area contributed by atoms with Gasteiger partial charge in [0.1, 0.15) is 6.10 Å². The number of phosphoric acid groups is 2. The molecule has 0 radical (unpaired) electrons. The highest BCUT2D eigenvalue weighted by molar-refractivity contribution is 7.46. The Bertz CT molecular complexity index is 307. The van der Waals surface area contributed by atoms with Crippen LogP contribution in [0.25, 0.3) is 0 Å². The number of hydrogen-bond donors (Lipinski definition) is 4. The molecule has 0 aromatic carbocycles. The lowest BCUT2D eigenvalue weighted by molar-refractivity contribution is -0.0487. The Balaban J connectivity index is 4.41. The summed E-state index contributed by atoms with van der Waals surface area (Å²) in [5.74, 6) is 0. The average molecular weight is 294 g/mol. The molecule has 0 aliphatic carbocycles. The van der Waals surface area contributed by atoms with Crippen molar-refractivity contribution in [3.8, 4) is 0 Å². The van der Waals surface area contributed by atoms with Gasteiger partial charge in [0.2, 0.25) is 0 Å². The lowest BCUT2D eigenvalue weighted by atomic mass is 10.2. The van der Waals surface area contributed by atoms with Crippen LogP contribution in [-0.4, -0.2) is 45.0 Å². The highest BCUT2D eigenvalue weighted by Crippen LogP contribution is 2.40. The van der Waals surface area contributed by atoms with E-state index in [1.807, 2.05) is 0 Å². The fraction of sp³-hybridized carbons (Fsp3) is 1.00. The molecule has 0 spiro atoms. The topological polar surface area (TPSA) is 143 Å². The molecule has 0 heterocycles. The van der Waals surface area contributed by atoms with Crippen molar-refractivity contribution >= 4 is 15.6 Å². The minimum absolute atomic E-state index is 0.171. The fourth-order valence-electron chi connectivity index (χ4n) is 0.988. The molecule has 0 aromatic rings. The van der Waals surface area contributed by atoms with E-state index in [1.54, 1.807) is 6.92 Å². The maximum Gasteiger partial charge on any atom is 0.469 e. The van der Waals surface area contributed by atoms with E-state index in [2.05, 4.69) is 9.05 Å². The van der Waals surface area contributed by atoms with E-state index in [0.29, 0.717) is 0 Å². The van der Waals surface area contributed by atoms with Crippen molar-refractivity contribution in [2.45, 2.75) is 26.1 Å². The van der Waals surface area contributed by atoms with Gasteiger partial charge in [0.05, 0.1) is 12.7 Å². The standard InChI is InChI=1S/C6H16O9P2/c1-3-13-6(4-14-16(7,8)9)5(2)15-17(10,11)12/h5-6H,3-4H2,1-2H3,(H2,7,8,9)(H2,10,11,12). The van der Waals surface area contributed by atoms with Crippen molar-refractivity contribution in [1.82, 2.24) is 0 Å². The second-order valence-corrected chi connectivity index (χ2v) is 5.51. The summed E-state index contributed by atoms with van der Waals surface area (Å²) in [6.45, 7) is 2.53. The fourth-order valence-corrected chi connectivity index (χ4v) is 1.90. The Morgan fingerprint density at radius 1 is 1.12 bits per heavy atom. The average Bonchev–Trinajstić information content (AvgIpc) is 2.07. The minimum Gasteiger partial charge on any atom is -0.373 e. The second kappa shape index (κ2) is 6.94. The van der Waals surface area contributed by atoms with Gasteiger partial charge in [-0.05, 0) is 13.8 Å². The molecule has 2 atom stereocenters. The van der Waals surface area contributed by atoms with Crippen LogP contribution in [0.4, 0.5) is 0 Å². The summed E-state index contributed by atoms with van der Waals surface area (Å²) in [5.41, 5.74) is 0. The lowest BCUT2D eigenvalue weighted by Crippen LogP contribution is -2.32. The van der Waals surface area contributed by atoms with Gasteiger partial charge in [-0.25, -0.2) is 9.13 Å². The zero-order valence-corrected chi connectivity index (χ0v) is 11.1. The van der Waals surface area contributed by atoms with Crippen molar-refractivity contribution < 1.29 is 42.5 Å². The zero-order chi connectivity index (χ0) is 13.7. The molecule has 0 fully saturated rings. The molecule has 0 saturated heterocycles. The van der Waals surface area contributed by atoms with Crippen LogP contribution in [0.2, 0.25) is 0 Å². The van der Waals surface area contributed by atoms with Gasteiger partial charge in [0, 0.05) is 6.61 Å². The molecule has 0 bridgehead atoms. The van der Waals surface area contributed by atoms with Gasteiger partial charge in [-0.3, -0.25) is 9.05 Å². The normalized spacial score (nSPS) is 16.8. The number of rotatable bonds is 8. The van der Waals surface area contributed by atoms with Crippen LogP contribution in [0.15, 0.2) is 0 Å². The summed E-state index contributed by atoms with van der Waals surface area (Å²) in [6.07, 6.45) is -2.08. The molecule has 0 aromatic heterocycles. The molecule has 9 nitrogen and oxygen atoms in total. The summed E-state index contributed by atoms with van der Waals surface area (Å²) >= 11 is 0. The van der Waals surface area contributed by atoms with Crippen LogP contribution in [0.1, 0.15) is 13.8 Å². The summed E-state index contributed by atoms with van der Waals surface area (Å²) in [5, 5.41) is 0. The maximum atomic E-state index is 10.6. The second-order valence-electron chi connectivity index (χ2n) is 3.08. The minimum atomic E-state index is -4.69. The molecule has 0 rings (SSSR count). The van der Waals surface area contributed by atoms with E-state index in [4.69, 9.17) is 24.3 Å². The summed E-state index contributed by atoms with van der Waals surface area (Å²) in [4.78, 5) is 34.1. The third-order valence-corrected chi connectivity index (χ3v) is 2.71. The molecule has 0 saturated carbocycles. The molecular weight excluding hydrogens is 278 g/mol. The van der Waals surface area contributed by atoms with Gasteiger partial charge in [-0.1, -0.05) is 0 Å². The molecule has 17 heavy (non-hydrogen) atoms. The molecule has 0 aliphatic rings. The Hall–Kier alpha value is 0.180. The first-order chi connectivity index (χ1) is 7.55. The van der Waals surface area contributed by atoms with Crippen molar-refractivity contribution in [1.29, 1.82) is 0 Å². The summed E-state index contributed by atoms with van der Waals surface area (Å²) in [7, 11) is -9.36. The molecule has 2 unspecified atom stereocenters. The molecule has 0 amide bonds. The smallest absolute Gasteiger partial charge is 0.373 e. The van der Waals surface area contributed by atoms with Crippen molar-refractivity contribution in [2.75, 3.05) is 13.2 Å². The van der Waals surface area contributed by atoms with Crippen LogP contribution in [0.3, 0.4) is 0 Å². The predicted molar refractivity (Wildman–Crippen MR) is 56.0 cm³/mol. The van der Waals surface area contributed by atoms with Gasteiger partial charge in [0.25, 0.3) is 0 Å². The van der Waals surface area contributed by atoms with Crippen LogP contribution in [0.5, 0.6) is 0 Å². The van der Waals surface area contributed by atoms with Crippen molar-refractivity contribution in [3.63, 3.8) is 0 Å². The molecular formula is C6H16O9P2. The van der Waals surface area contributed by atoms with E-state index >= 15 is 0 Å². The van der Waals surface area contributed by atoms with Gasteiger partial charge in [-0.2, -0.15) is 0 Å². The van der Waals surface area contributed by atoms with E-state index in [9.17, 15) is 9.13 Å². The molecule has 11 heteroatoms. The van der Waals surface area contributed by atoms with Crippen LogP contribution >= 0.6 is 15.6 Å². The maximum absolute atomic E-state index is 10.6. The molecule has 4 N–H and O–H groups in total. The number of phosphoric ester groups is 2. The van der Waals surface area contributed by atoms with E-state index in [-0.39, 0.29) is 6.61 Å². The summed E-state index contributed by atoms with van der Waals surface area (Å²) < 4.78 is 34.6. The number of hydrogen-bond acceptors (Lipinski definition) is 5. The highest BCUT2D eigenvalue weighted by Gasteiger charge is 2.28. The Morgan fingerprint density at radius 2 is 1.65 bits per heavy atom. The van der Waals surface area contributed by atoms with E-state index < -0.39 is 34.5 Å². The third-order valence-electron chi connectivity index (χ3n) is 1.61. The van der Waals surface area contributed by atoms with Gasteiger partial charge in [-0.15, -0.1) is 0 Å². The molecule has 104 valence electrons.